The van der Waals surface area contributed by atoms with Gasteiger partial charge >= 0.3 is 0 Å². The molecule has 0 aliphatic carbocycles. The van der Waals surface area contributed by atoms with Gasteiger partial charge in [-0.25, -0.2) is 0 Å². The number of unbranched alkanes of at least 4 members (excludes halogenated alkanes) is 16. The van der Waals surface area contributed by atoms with Crippen molar-refractivity contribution in [3.63, 3.8) is 0 Å². The van der Waals surface area contributed by atoms with Gasteiger partial charge in [-0.1, -0.05) is 104 Å². The minimum Gasteiger partial charge on any atom is -0.328 e. The van der Waals surface area contributed by atoms with Crippen molar-refractivity contribution in [3.8, 4) is 0 Å². The topological polar surface area (TPSA) is 0 Å². The number of quaternary nitrogens is 1. The molecule has 3 radical (unpaired) electrons. The summed E-state index contributed by atoms with van der Waals surface area (Å²) in [6.45, 7) is 7.35. The van der Waals surface area contributed by atoms with Crippen molar-refractivity contribution in [2.45, 2.75) is 129 Å². The minimum atomic E-state index is 0. The van der Waals surface area contributed by atoms with E-state index < -0.39 is 0 Å². The van der Waals surface area contributed by atoms with Crippen LogP contribution >= 0.6 is 0 Å². The van der Waals surface area contributed by atoms with Crippen LogP contribution in [0.25, 0.3) is 0 Å². The zero-order valence-electron chi connectivity index (χ0n) is 19.2. The fraction of sp³-hybridized carbons (Fsp3) is 1.00. The van der Waals surface area contributed by atoms with E-state index in [-0.39, 0.29) is 8.41 Å². The molecule has 0 aliphatic heterocycles. The molecular formula is C24H52BN+. The second-order valence-electron chi connectivity index (χ2n) is 9.04. The van der Waals surface area contributed by atoms with E-state index in [1.807, 2.05) is 0 Å². The summed E-state index contributed by atoms with van der Waals surface area (Å²) in [4.78, 5) is 0. The molecule has 0 fully saturated rings. The van der Waals surface area contributed by atoms with Crippen molar-refractivity contribution in [2.24, 2.45) is 0 Å². The molecule has 1 nitrogen and oxygen atoms in total. The first-order valence-electron chi connectivity index (χ1n) is 11.9. The molecule has 0 unspecified atom stereocenters. The standard InChI is InChI=1S/C24H52N.B/c1-5-7-9-11-12-13-14-15-16-17-18-19-20-22-24-25(3,4)23-21-10-8-6-2;/h5-24H2,1-4H3;/q+1;. The van der Waals surface area contributed by atoms with Gasteiger partial charge in [-0.3, -0.25) is 0 Å². The van der Waals surface area contributed by atoms with Gasteiger partial charge in [0.2, 0.25) is 0 Å². The third-order valence-corrected chi connectivity index (χ3v) is 5.73. The lowest BCUT2D eigenvalue weighted by Gasteiger charge is -2.30. The molecule has 0 bridgehead atoms. The van der Waals surface area contributed by atoms with Crippen LogP contribution in [0.2, 0.25) is 0 Å². The largest absolute Gasteiger partial charge is 0.328 e. The molecule has 155 valence electrons. The minimum absolute atomic E-state index is 0. The van der Waals surface area contributed by atoms with E-state index in [0.717, 1.165) is 0 Å². The monoisotopic (exact) mass is 365 g/mol. The zero-order valence-corrected chi connectivity index (χ0v) is 19.2. The van der Waals surface area contributed by atoms with Crippen LogP contribution in [-0.4, -0.2) is 40.1 Å². The molecule has 2 heteroatoms. The third kappa shape index (κ3) is 22.1. The maximum atomic E-state index is 2.42. The van der Waals surface area contributed by atoms with Crippen LogP contribution in [0.4, 0.5) is 0 Å². The summed E-state index contributed by atoms with van der Waals surface area (Å²) in [7, 11) is 4.85. The van der Waals surface area contributed by atoms with E-state index in [0.29, 0.717) is 0 Å². The smallest absolute Gasteiger partial charge is 0.0782 e. The van der Waals surface area contributed by atoms with Crippen molar-refractivity contribution in [3.05, 3.63) is 0 Å². The van der Waals surface area contributed by atoms with Crippen LogP contribution in [0.1, 0.15) is 129 Å². The molecule has 0 rings (SSSR count). The third-order valence-electron chi connectivity index (χ3n) is 5.73. The highest BCUT2D eigenvalue weighted by Gasteiger charge is 2.13. The van der Waals surface area contributed by atoms with Crippen molar-refractivity contribution in [2.75, 3.05) is 27.2 Å². The first kappa shape index (κ1) is 28.2. The Hall–Kier alpha value is 0.0249. The van der Waals surface area contributed by atoms with E-state index >= 15 is 0 Å². The van der Waals surface area contributed by atoms with Gasteiger partial charge in [-0.05, 0) is 25.7 Å². The first-order valence-corrected chi connectivity index (χ1v) is 11.9. The van der Waals surface area contributed by atoms with Crippen LogP contribution in [0.15, 0.2) is 0 Å². The molecule has 0 spiro atoms. The van der Waals surface area contributed by atoms with Crippen molar-refractivity contribution in [1.29, 1.82) is 0 Å². The van der Waals surface area contributed by atoms with Gasteiger partial charge in [0.25, 0.3) is 0 Å². The number of hydrogen-bond donors (Lipinski definition) is 0. The van der Waals surface area contributed by atoms with E-state index in [1.165, 1.54) is 133 Å². The van der Waals surface area contributed by atoms with E-state index in [9.17, 15) is 0 Å². The summed E-state index contributed by atoms with van der Waals surface area (Å²) in [5, 5.41) is 0. The molecule has 0 aliphatic rings. The van der Waals surface area contributed by atoms with Crippen molar-refractivity contribution < 1.29 is 4.48 Å². The SMILES string of the molecule is CCCCCCCCCCCCCCCC[N+](C)(C)CCCCCC.[B]. The Morgan fingerprint density at radius 3 is 0.923 bits per heavy atom. The number of rotatable bonds is 20. The fourth-order valence-electron chi connectivity index (χ4n) is 3.81. The molecule has 26 heavy (non-hydrogen) atoms. The van der Waals surface area contributed by atoms with Gasteiger partial charge in [-0.15, -0.1) is 0 Å². The average molecular weight is 365 g/mol. The predicted molar refractivity (Wildman–Crippen MR) is 122 cm³/mol. The molecule has 0 N–H and O–H groups in total. The number of nitrogens with zero attached hydrogens (tertiary/aromatic N) is 1. The highest BCUT2D eigenvalue weighted by atomic mass is 15.3. The van der Waals surface area contributed by atoms with Gasteiger partial charge in [0.05, 0.1) is 27.2 Å². The fourth-order valence-corrected chi connectivity index (χ4v) is 3.81. The molecule has 0 aromatic carbocycles. The van der Waals surface area contributed by atoms with Crippen LogP contribution in [-0.2, 0) is 0 Å². The normalized spacial score (nSPS) is 11.5. The maximum Gasteiger partial charge on any atom is 0.0782 e. The maximum absolute atomic E-state index is 2.42. The molecule has 0 aromatic rings. The Balaban J connectivity index is 0. The average Bonchev–Trinajstić information content (AvgIpc) is 2.59. The Bertz CT molecular complexity index is 253. The van der Waals surface area contributed by atoms with Gasteiger partial charge in [-0.2, -0.15) is 0 Å². The van der Waals surface area contributed by atoms with Crippen LogP contribution in [0.3, 0.4) is 0 Å². The van der Waals surface area contributed by atoms with Gasteiger partial charge in [0.15, 0.2) is 0 Å². The lowest BCUT2D eigenvalue weighted by atomic mass is 10.0. The lowest BCUT2D eigenvalue weighted by Crippen LogP contribution is -2.41. The van der Waals surface area contributed by atoms with Crippen LogP contribution < -0.4 is 0 Å². The highest BCUT2D eigenvalue weighted by Crippen LogP contribution is 2.14. The zero-order chi connectivity index (χ0) is 18.6. The molecule has 0 aromatic heterocycles. The summed E-state index contributed by atoms with van der Waals surface area (Å²) in [5.41, 5.74) is 0. The second-order valence-corrected chi connectivity index (χ2v) is 9.04. The molecule has 0 amide bonds. The predicted octanol–water partition coefficient (Wildman–Crippen LogP) is 7.74. The second kappa shape index (κ2) is 21.3. The lowest BCUT2D eigenvalue weighted by molar-refractivity contribution is -0.890. The number of hydrogen-bond acceptors (Lipinski definition) is 0. The van der Waals surface area contributed by atoms with E-state index in [2.05, 4.69) is 27.9 Å². The Morgan fingerprint density at radius 2 is 0.615 bits per heavy atom. The van der Waals surface area contributed by atoms with E-state index in [4.69, 9.17) is 0 Å². The molecule has 0 heterocycles. The Kier molecular flexibility index (Phi) is 23.2. The molecule has 0 saturated heterocycles. The van der Waals surface area contributed by atoms with E-state index in [1.54, 1.807) is 0 Å². The van der Waals surface area contributed by atoms with Crippen LogP contribution in [0, 0.1) is 0 Å². The van der Waals surface area contributed by atoms with Gasteiger partial charge < -0.3 is 4.48 Å². The summed E-state index contributed by atoms with van der Waals surface area (Å²) in [6, 6.07) is 0. The summed E-state index contributed by atoms with van der Waals surface area (Å²) in [5.74, 6) is 0. The highest BCUT2D eigenvalue weighted by molar-refractivity contribution is 5.75. The van der Waals surface area contributed by atoms with Crippen molar-refractivity contribution >= 4 is 8.41 Å². The van der Waals surface area contributed by atoms with Crippen LogP contribution in [0.5, 0.6) is 0 Å². The summed E-state index contributed by atoms with van der Waals surface area (Å²) >= 11 is 0. The summed E-state index contributed by atoms with van der Waals surface area (Å²) in [6.07, 6.45) is 26.1. The Labute approximate surface area is 169 Å². The quantitative estimate of drug-likeness (QED) is 0.118. The molecular weight excluding hydrogens is 313 g/mol. The molecule has 0 saturated carbocycles. The molecule has 0 atom stereocenters. The van der Waals surface area contributed by atoms with Gasteiger partial charge in [0.1, 0.15) is 0 Å². The van der Waals surface area contributed by atoms with Crippen molar-refractivity contribution in [1.82, 2.24) is 0 Å². The van der Waals surface area contributed by atoms with Gasteiger partial charge in [0, 0.05) is 8.41 Å². The first-order chi connectivity index (χ1) is 12.1. The Morgan fingerprint density at radius 1 is 0.385 bits per heavy atom. The summed E-state index contributed by atoms with van der Waals surface area (Å²) < 4.78 is 1.24.